The Hall–Kier alpha value is -2.57. The summed E-state index contributed by atoms with van der Waals surface area (Å²) in [4.78, 5) is 34.5. The molecule has 0 aliphatic heterocycles. The summed E-state index contributed by atoms with van der Waals surface area (Å²) < 4.78 is 5.00. The van der Waals surface area contributed by atoms with Crippen LogP contribution in [0.5, 0.6) is 5.75 Å². The molecule has 0 aliphatic carbocycles. The van der Waals surface area contributed by atoms with Gasteiger partial charge in [-0.15, -0.1) is 0 Å². The summed E-state index contributed by atoms with van der Waals surface area (Å²) in [5.41, 5.74) is 0.372. The van der Waals surface area contributed by atoms with Crippen LogP contribution in [-0.4, -0.2) is 40.7 Å². The molecule has 7 heteroatoms. The standard InChI is InChI=1S/C17H23NO6/c1-10(19)12-7-11(5-6-14(12)20)8-13(15(21)22)18-16(23)24-9-17(2,3)4/h5-7,13,20H,8-9H2,1-4H3,(H,18,23)(H,21,22)/t13-/m0/s1. The number of phenolic OH excluding ortho intramolecular Hbond substituents is 1. The molecule has 132 valence electrons. The van der Waals surface area contributed by atoms with Gasteiger partial charge in [-0.05, 0) is 30.0 Å². The predicted molar refractivity (Wildman–Crippen MR) is 87.2 cm³/mol. The van der Waals surface area contributed by atoms with Crippen LogP contribution >= 0.6 is 0 Å². The van der Waals surface area contributed by atoms with Gasteiger partial charge in [0.2, 0.25) is 0 Å². The van der Waals surface area contributed by atoms with Crippen LogP contribution in [0.2, 0.25) is 0 Å². The Bertz CT molecular complexity index is 632. The Morgan fingerprint density at radius 3 is 2.38 bits per heavy atom. The highest BCUT2D eigenvalue weighted by atomic mass is 16.5. The molecule has 24 heavy (non-hydrogen) atoms. The van der Waals surface area contributed by atoms with E-state index >= 15 is 0 Å². The highest BCUT2D eigenvalue weighted by Crippen LogP contribution is 2.20. The molecule has 1 atom stereocenters. The van der Waals surface area contributed by atoms with Crippen LogP contribution in [0.4, 0.5) is 4.79 Å². The third-order valence-electron chi connectivity index (χ3n) is 3.11. The predicted octanol–water partition coefficient (Wildman–Crippen LogP) is 2.36. The van der Waals surface area contributed by atoms with Gasteiger partial charge in [0.05, 0.1) is 12.2 Å². The van der Waals surface area contributed by atoms with Gasteiger partial charge >= 0.3 is 12.1 Å². The number of benzene rings is 1. The molecule has 0 bridgehead atoms. The number of nitrogens with one attached hydrogen (secondary N) is 1. The summed E-state index contributed by atoms with van der Waals surface area (Å²) in [6.45, 7) is 7.10. The minimum absolute atomic E-state index is 0.0412. The molecule has 1 rings (SSSR count). The molecule has 0 fully saturated rings. The Morgan fingerprint density at radius 1 is 1.25 bits per heavy atom. The number of carboxylic acids is 1. The molecule has 0 aromatic heterocycles. The highest BCUT2D eigenvalue weighted by molar-refractivity contribution is 5.96. The number of amides is 1. The zero-order chi connectivity index (χ0) is 18.5. The van der Waals surface area contributed by atoms with Crippen LogP contribution in [-0.2, 0) is 16.0 Å². The monoisotopic (exact) mass is 337 g/mol. The van der Waals surface area contributed by atoms with E-state index < -0.39 is 18.1 Å². The number of ether oxygens (including phenoxy) is 1. The Labute approximate surface area is 140 Å². The maximum absolute atomic E-state index is 11.7. The van der Waals surface area contributed by atoms with E-state index in [1.54, 1.807) is 0 Å². The number of aromatic hydroxyl groups is 1. The SMILES string of the molecule is CC(=O)c1cc(C[C@H](NC(=O)OCC(C)(C)C)C(=O)O)ccc1O. The van der Waals surface area contributed by atoms with E-state index in [1.165, 1.54) is 25.1 Å². The Morgan fingerprint density at radius 2 is 1.88 bits per heavy atom. The molecular formula is C17H23NO6. The normalized spacial score (nSPS) is 12.3. The van der Waals surface area contributed by atoms with E-state index in [-0.39, 0.29) is 35.5 Å². The van der Waals surface area contributed by atoms with E-state index in [2.05, 4.69) is 5.32 Å². The van der Waals surface area contributed by atoms with Gasteiger partial charge in [-0.2, -0.15) is 0 Å². The van der Waals surface area contributed by atoms with Crippen molar-refractivity contribution in [1.82, 2.24) is 5.32 Å². The van der Waals surface area contributed by atoms with Gasteiger partial charge in [-0.25, -0.2) is 9.59 Å². The molecule has 0 unspecified atom stereocenters. The minimum Gasteiger partial charge on any atom is -0.507 e. The van der Waals surface area contributed by atoms with Crippen molar-refractivity contribution in [2.75, 3.05) is 6.61 Å². The lowest BCUT2D eigenvalue weighted by atomic mass is 9.99. The third kappa shape index (κ3) is 6.28. The topological polar surface area (TPSA) is 113 Å². The fourth-order valence-corrected chi connectivity index (χ4v) is 1.89. The molecule has 0 saturated heterocycles. The maximum atomic E-state index is 11.7. The van der Waals surface area contributed by atoms with Crippen molar-refractivity contribution in [3.05, 3.63) is 29.3 Å². The van der Waals surface area contributed by atoms with Crippen LogP contribution < -0.4 is 5.32 Å². The second-order valence-corrected chi connectivity index (χ2v) is 6.78. The van der Waals surface area contributed by atoms with Crippen LogP contribution in [0.1, 0.15) is 43.6 Å². The smallest absolute Gasteiger partial charge is 0.407 e. The number of Topliss-reactive ketones (excluding diaryl/α,β-unsaturated/α-hetero) is 1. The first-order chi connectivity index (χ1) is 11.0. The van der Waals surface area contributed by atoms with Crippen LogP contribution in [0.15, 0.2) is 18.2 Å². The number of hydrogen-bond donors (Lipinski definition) is 3. The van der Waals surface area contributed by atoms with Crippen molar-refractivity contribution in [3.8, 4) is 5.75 Å². The highest BCUT2D eigenvalue weighted by Gasteiger charge is 2.23. The second-order valence-electron chi connectivity index (χ2n) is 6.78. The fourth-order valence-electron chi connectivity index (χ4n) is 1.89. The van der Waals surface area contributed by atoms with Crippen LogP contribution in [0, 0.1) is 5.41 Å². The van der Waals surface area contributed by atoms with Gasteiger partial charge in [0, 0.05) is 6.42 Å². The lowest BCUT2D eigenvalue weighted by Crippen LogP contribution is -2.43. The van der Waals surface area contributed by atoms with Gasteiger partial charge in [0.25, 0.3) is 0 Å². The number of carboxylic acid groups (broad SMARTS) is 1. The first-order valence-electron chi connectivity index (χ1n) is 7.48. The molecule has 0 heterocycles. The number of phenols is 1. The third-order valence-corrected chi connectivity index (χ3v) is 3.11. The van der Waals surface area contributed by atoms with Crippen molar-refractivity contribution in [3.63, 3.8) is 0 Å². The zero-order valence-electron chi connectivity index (χ0n) is 14.3. The molecule has 1 aromatic carbocycles. The summed E-state index contributed by atoms with van der Waals surface area (Å²) in [6.07, 6.45) is -0.858. The summed E-state index contributed by atoms with van der Waals surface area (Å²) in [6, 6.07) is 3.03. The molecule has 0 aliphatic rings. The summed E-state index contributed by atoms with van der Waals surface area (Å²) >= 11 is 0. The van der Waals surface area contributed by atoms with Crippen molar-refractivity contribution < 1.29 is 29.3 Å². The molecule has 3 N–H and O–H groups in total. The quantitative estimate of drug-likeness (QED) is 0.687. The largest absolute Gasteiger partial charge is 0.507 e. The molecular weight excluding hydrogens is 314 g/mol. The Kier molecular flexibility index (Phi) is 6.34. The maximum Gasteiger partial charge on any atom is 0.407 e. The van der Waals surface area contributed by atoms with Gasteiger partial charge in [0.15, 0.2) is 5.78 Å². The van der Waals surface area contributed by atoms with E-state index in [9.17, 15) is 24.6 Å². The molecule has 0 saturated carbocycles. The molecule has 1 amide bonds. The molecule has 0 spiro atoms. The van der Waals surface area contributed by atoms with Gasteiger partial charge in [-0.1, -0.05) is 26.8 Å². The number of ketones is 1. The number of carbonyl (C=O) groups excluding carboxylic acids is 2. The van der Waals surface area contributed by atoms with Crippen molar-refractivity contribution in [1.29, 1.82) is 0 Å². The van der Waals surface area contributed by atoms with E-state index in [0.29, 0.717) is 5.56 Å². The molecule has 7 nitrogen and oxygen atoms in total. The van der Waals surface area contributed by atoms with Crippen molar-refractivity contribution >= 4 is 17.8 Å². The van der Waals surface area contributed by atoms with Crippen LogP contribution in [0.25, 0.3) is 0 Å². The number of alkyl carbamates (subject to hydrolysis) is 1. The second kappa shape index (κ2) is 7.81. The van der Waals surface area contributed by atoms with Gasteiger partial charge in [0.1, 0.15) is 11.8 Å². The van der Waals surface area contributed by atoms with E-state index in [4.69, 9.17) is 4.74 Å². The molecule has 0 radical (unpaired) electrons. The minimum atomic E-state index is -1.22. The summed E-state index contributed by atoms with van der Waals surface area (Å²) in [5, 5.41) is 21.2. The first-order valence-corrected chi connectivity index (χ1v) is 7.48. The van der Waals surface area contributed by atoms with E-state index in [1.807, 2.05) is 20.8 Å². The fraction of sp³-hybridized carbons (Fsp3) is 0.471. The summed E-state index contributed by atoms with van der Waals surface area (Å²) in [7, 11) is 0. The number of carbonyl (C=O) groups is 3. The van der Waals surface area contributed by atoms with Gasteiger partial charge in [-0.3, -0.25) is 4.79 Å². The zero-order valence-corrected chi connectivity index (χ0v) is 14.3. The molecule has 1 aromatic rings. The first kappa shape index (κ1) is 19.5. The van der Waals surface area contributed by atoms with Crippen LogP contribution in [0.3, 0.4) is 0 Å². The lowest BCUT2D eigenvalue weighted by molar-refractivity contribution is -0.139. The van der Waals surface area contributed by atoms with Gasteiger partial charge < -0.3 is 20.3 Å². The lowest BCUT2D eigenvalue weighted by Gasteiger charge is -2.20. The number of rotatable bonds is 6. The van der Waals surface area contributed by atoms with Crippen molar-refractivity contribution in [2.24, 2.45) is 5.41 Å². The summed E-state index contributed by atoms with van der Waals surface area (Å²) in [5.74, 6) is -1.73. The number of aliphatic carboxylic acids is 1. The van der Waals surface area contributed by atoms with E-state index in [0.717, 1.165) is 0 Å². The average molecular weight is 337 g/mol. The Balaban J connectivity index is 2.80. The average Bonchev–Trinajstić information content (AvgIpc) is 2.45. The number of hydrogen-bond acceptors (Lipinski definition) is 5. The van der Waals surface area contributed by atoms with Crippen molar-refractivity contribution in [2.45, 2.75) is 40.2 Å².